The fourth-order valence-corrected chi connectivity index (χ4v) is 1.79. The Morgan fingerprint density at radius 3 is 2.94 bits per heavy atom. The average Bonchev–Trinajstić information content (AvgIpc) is 2.65. The lowest BCUT2D eigenvalue weighted by Gasteiger charge is -2.03. The van der Waals surface area contributed by atoms with E-state index in [1.54, 1.807) is 0 Å². The molecule has 1 aliphatic rings. The van der Waals surface area contributed by atoms with Crippen molar-refractivity contribution in [2.24, 2.45) is 11.3 Å². The van der Waals surface area contributed by atoms with Gasteiger partial charge in [-0.2, -0.15) is 0 Å². The molecule has 1 atom stereocenters. The van der Waals surface area contributed by atoms with Gasteiger partial charge in [0.05, 0.1) is 6.54 Å². The maximum atomic E-state index is 10.5. The number of carboxylic acids is 1. The maximum Gasteiger partial charge on any atom is 0.358 e. The van der Waals surface area contributed by atoms with Gasteiger partial charge in [0.15, 0.2) is 11.5 Å². The van der Waals surface area contributed by atoms with Gasteiger partial charge in [0.25, 0.3) is 0 Å². The Bertz CT molecular complexity index is 398. The molecule has 0 amide bonds. The standard InChI is InChI=1S/C11H16N2O3/c1-11(2)4-7(11)5-12-6-8-3-9(10(14)15)13-16-8/h3,7,12H,4-6H2,1-2H3,(H,14,15). The molecule has 0 radical (unpaired) electrons. The Morgan fingerprint density at radius 1 is 1.75 bits per heavy atom. The lowest BCUT2D eigenvalue weighted by molar-refractivity contribution is 0.0685. The van der Waals surface area contributed by atoms with Gasteiger partial charge in [-0.15, -0.1) is 0 Å². The van der Waals surface area contributed by atoms with Crippen LogP contribution in [0.3, 0.4) is 0 Å². The fourth-order valence-electron chi connectivity index (χ4n) is 1.79. The highest BCUT2D eigenvalue weighted by atomic mass is 16.5. The minimum atomic E-state index is -1.06. The first kappa shape index (κ1) is 11.1. The number of hydrogen-bond acceptors (Lipinski definition) is 4. The second-order valence-corrected chi connectivity index (χ2v) is 5.00. The lowest BCUT2D eigenvalue weighted by Crippen LogP contribution is -2.17. The summed E-state index contributed by atoms with van der Waals surface area (Å²) in [6.45, 7) is 5.97. The van der Waals surface area contributed by atoms with Crippen molar-refractivity contribution in [3.8, 4) is 0 Å². The Hall–Kier alpha value is -1.36. The second-order valence-electron chi connectivity index (χ2n) is 5.00. The van der Waals surface area contributed by atoms with Crippen LogP contribution in [0.5, 0.6) is 0 Å². The van der Waals surface area contributed by atoms with Gasteiger partial charge in [-0.3, -0.25) is 0 Å². The Kier molecular flexibility index (Phi) is 2.71. The summed E-state index contributed by atoms with van der Waals surface area (Å²) in [6.07, 6.45) is 1.25. The summed E-state index contributed by atoms with van der Waals surface area (Å²) in [5.74, 6) is 0.226. The van der Waals surface area contributed by atoms with Crippen LogP contribution in [0.4, 0.5) is 0 Å². The summed E-state index contributed by atoms with van der Waals surface area (Å²) < 4.78 is 4.89. The van der Waals surface area contributed by atoms with Crippen LogP contribution >= 0.6 is 0 Å². The molecule has 0 saturated heterocycles. The molecule has 0 bridgehead atoms. The summed E-state index contributed by atoms with van der Waals surface area (Å²) in [7, 11) is 0. The summed E-state index contributed by atoms with van der Waals surface area (Å²) in [5, 5.41) is 15.3. The highest BCUT2D eigenvalue weighted by Gasteiger charge is 2.44. The quantitative estimate of drug-likeness (QED) is 0.792. The Labute approximate surface area is 93.8 Å². The van der Waals surface area contributed by atoms with Gasteiger partial charge in [-0.1, -0.05) is 19.0 Å². The number of hydrogen-bond donors (Lipinski definition) is 2. The molecule has 1 aromatic rings. The zero-order valence-electron chi connectivity index (χ0n) is 9.49. The van der Waals surface area contributed by atoms with Gasteiger partial charge in [0.2, 0.25) is 0 Å². The van der Waals surface area contributed by atoms with Gasteiger partial charge in [0, 0.05) is 6.07 Å². The largest absolute Gasteiger partial charge is 0.476 e. The number of aromatic carboxylic acids is 1. The monoisotopic (exact) mass is 224 g/mol. The normalized spacial score (nSPS) is 22.0. The van der Waals surface area contributed by atoms with E-state index in [2.05, 4.69) is 24.3 Å². The lowest BCUT2D eigenvalue weighted by atomic mass is 10.1. The minimum absolute atomic E-state index is 0.0384. The van der Waals surface area contributed by atoms with Crippen LogP contribution in [-0.2, 0) is 6.54 Å². The zero-order valence-corrected chi connectivity index (χ0v) is 9.49. The van der Waals surface area contributed by atoms with Crippen LogP contribution in [0.1, 0.15) is 36.5 Å². The van der Waals surface area contributed by atoms with E-state index < -0.39 is 5.97 Å². The first-order valence-corrected chi connectivity index (χ1v) is 5.38. The molecule has 1 heterocycles. The van der Waals surface area contributed by atoms with E-state index in [9.17, 15) is 4.79 Å². The predicted molar refractivity (Wildman–Crippen MR) is 57.1 cm³/mol. The molecule has 16 heavy (non-hydrogen) atoms. The number of aromatic nitrogens is 1. The number of nitrogens with one attached hydrogen (secondary N) is 1. The van der Waals surface area contributed by atoms with Crippen molar-refractivity contribution in [2.75, 3.05) is 6.54 Å². The Balaban J connectivity index is 1.75. The van der Waals surface area contributed by atoms with Crippen molar-refractivity contribution in [2.45, 2.75) is 26.8 Å². The number of nitrogens with zero attached hydrogens (tertiary/aromatic N) is 1. The third kappa shape index (κ3) is 2.41. The highest BCUT2D eigenvalue weighted by Crippen LogP contribution is 2.50. The highest BCUT2D eigenvalue weighted by molar-refractivity contribution is 5.85. The third-order valence-corrected chi connectivity index (χ3v) is 3.19. The molecule has 1 aromatic heterocycles. The molecule has 88 valence electrons. The Morgan fingerprint density at radius 2 is 2.44 bits per heavy atom. The van der Waals surface area contributed by atoms with Crippen LogP contribution in [0, 0.1) is 11.3 Å². The van der Waals surface area contributed by atoms with Crippen molar-refractivity contribution in [3.63, 3.8) is 0 Å². The number of rotatable bonds is 5. The molecular formula is C11H16N2O3. The summed E-state index contributed by atoms with van der Waals surface area (Å²) in [5.41, 5.74) is 0.421. The van der Waals surface area contributed by atoms with E-state index in [1.807, 2.05) is 0 Å². The second kappa shape index (κ2) is 3.90. The van der Waals surface area contributed by atoms with Crippen molar-refractivity contribution in [3.05, 3.63) is 17.5 Å². The van der Waals surface area contributed by atoms with Gasteiger partial charge in [0.1, 0.15) is 0 Å². The molecule has 0 aromatic carbocycles. The van der Waals surface area contributed by atoms with Crippen molar-refractivity contribution in [1.29, 1.82) is 0 Å². The summed E-state index contributed by atoms with van der Waals surface area (Å²) >= 11 is 0. The van der Waals surface area contributed by atoms with Gasteiger partial charge < -0.3 is 14.9 Å². The van der Waals surface area contributed by atoms with Gasteiger partial charge >= 0.3 is 5.97 Å². The zero-order chi connectivity index (χ0) is 11.8. The van der Waals surface area contributed by atoms with E-state index in [0.29, 0.717) is 17.7 Å². The average molecular weight is 224 g/mol. The van der Waals surface area contributed by atoms with Gasteiger partial charge in [-0.25, -0.2) is 4.79 Å². The first-order valence-electron chi connectivity index (χ1n) is 5.38. The van der Waals surface area contributed by atoms with Crippen molar-refractivity contribution in [1.82, 2.24) is 10.5 Å². The fraction of sp³-hybridized carbons (Fsp3) is 0.636. The van der Waals surface area contributed by atoms with Crippen LogP contribution in [-0.4, -0.2) is 22.8 Å². The first-order chi connectivity index (χ1) is 7.49. The summed E-state index contributed by atoms with van der Waals surface area (Å²) in [4.78, 5) is 10.5. The molecule has 0 aliphatic heterocycles. The number of carbonyl (C=O) groups is 1. The van der Waals surface area contributed by atoms with E-state index in [-0.39, 0.29) is 5.69 Å². The molecule has 1 saturated carbocycles. The predicted octanol–water partition coefficient (Wildman–Crippen LogP) is 1.51. The minimum Gasteiger partial charge on any atom is -0.476 e. The topological polar surface area (TPSA) is 75.4 Å². The number of carboxylic acid groups (broad SMARTS) is 1. The summed E-state index contributed by atoms with van der Waals surface area (Å²) in [6, 6.07) is 1.45. The van der Waals surface area contributed by atoms with E-state index in [4.69, 9.17) is 9.63 Å². The molecule has 2 N–H and O–H groups in total. The van der Waals surface area contributed by atoms with Crippen LogP contribution in [0.25, 0.3) is 0 Å². The van der Waals surface area contributed by atoms with Crippen LogP contribution in [0.2, 0.25) is 0 Å². The molecule has 1 unspecified atom stereocenters. The van der Waals surface area contributed by atoms with Gasteiger partial charge in [-0.05, 0) is 24.3 Å². The molecule has 5 nitrogen and oxygen atoms in total. The molecule has 5 heteroatoms. The van der Waals surface area contributed by atoms with Crippen molar-refractivity contribution >= 4 is 5.97 Å². The smallest absolute Gasteiger partial charge is 0.358 e. The van der Waals surface area contributed by atoms with E-state index in [0.717, 1.165) is 12.5 Å². The van der Waals surface area contributed by atoms with E-state index >= 15 is 0 Å². The third-order valence-electron chi connectivity index (χ3n) is 3.19. The SMILES string of the molecule is CC1(C)CC1CNCc1cc(C(=O)O)no1. The molecule has 0 spiro atoms. The van der Waals surface area contributed by atoms with E-state index in [1.165, 1.54) is 12.5 Å². The molecule has 1 aliphatic carbocycles. The van der Waals surface area contributed by atoms with Crippen LogP contribution < -0.4 is 5.32 Å². The molecule has 1 fully saturated rings. The van der Waals surface area contributed by atoms with Crippen LogP contribution in [0.15, 0.2) is 10.6 Å². The molecule has 2 rings (SSSR count). The van der Waals surface area contributed by atoms with Crippen molar-refractivity contribution < 1.29 is 14.4 Å². The maximum absolute atomic E-state index is 10.5. The molecular weight excluding hydrogens is 208 g/mol.